The van der Waals surface area contributed by atoms with Crippen molar-refractivity contribution < 1.29 is 9.21 Å². The highest BCUT2D eigenvalue weighted by molar-refractivity contribution is 7.16. The lowest BCUT2D eigenvalue weighted by molar-refractivity contribution is 0.0998. The van der Waals surface area contributed by atoms with E-state index in [1.807, 2.05) is 37.3 Å². The third kappa shape index (κ3) is 3.16. The Hall–Kier alpha value is -2.63. The minimum Gasteiger partial charge on any atom is -0.451 e. The number of benzene rings is 2. The topological polar surface area (TPSA) is 55.1 Å². The third-order valence-corrected chi connectivity index (χ3v) is 4.89. The van der Waals surface area contributed by atoms with Crippen molar-refractivity contribution >= 4 is 44.9 Å². The van der Waals surface area contributed by atoms with E-state index in [4.69, 9.17) is 16.0 Å². The van der Waals surface area contributed by atoms with Gasteiger partial charge in [0.2, 0.25) is 0 Å². The van der Waals surface area contributed by atoms with Crippen LogP contribution in [0, 0.1) is 6.92 Å². The molecule has 0 atom stereocenters. The van der Waals surface area contributed by atoms with Gasteiger partial charge in [-0.25, -0.2) is 4.98 Å². The summed E-state index contributed by atoms with van der Waals surface area (Å²) in [5, 5.41) is 4.74. The van der Waals surface area contributed by atoms with Crippen LogP contribution in [-0.2, 0) is 0 Å². The summed E-state index contributed by atoms with van der Waals surface area (Å²) < 4.78 is 5.58. The summed E-state index contributed by atoms with van der Waals surface area (Å²) >= 11 is 7.40. The number of nitrogens with one attached hydrogen (secondary N) is 1. The summed E-state index contributed by atoms with van der Waals surface area (Å²) in [6, 6.07) is 16.8. The molecule has 2 aromatic heterocycles. The van der Waals surface area contributed by atoms with Crippen molar-refractivity contribution in [1.29, 1.82) is 0 Å². The molecule has 4 aromatic rings. The van der Waals surface area contributed by atoms with Crippen LogP contribution < -0.4 is 5.32 Å². The number of amides is 1. The molecule has 0 aliphatic carbocycles. The van der Waals surface area contributed by atoms with Crippen LogP contribution in [0.3, 0.4) is 0 Å². The molecule has 2 aromatic carbocycles. The van der Waals surface area contributed by atoms with E-state index in [9.17, 15) is 4.79 Å². The van der Waals surface area contributed by atoms with Crippen molar-refractivity contribution in [3.05, 3.63) is 70.3 Å². The Labute approximate surface area is 153 Å². The lowest BCUT2D eigenvalue weighted by atomic mass is 10.1. The van der Waals surface area contributed by atoms with Crippen molar-refractivity contribution in [2.45, 2.75) is 6.92 Å². The van der Waals surface area contributed by atoms with Gasteiger partial charge in [-0.3, -0.25) is 10.1 Å². The fraction of sp³-hybridized carbons (Fsp3) is 0.0526. The number of nitrogens with zero attached hydrogens (tertiary/aromatic N) is 1. The summed E-state index contributed by atoms with van der Waals surface area (Å²) in [4.78, 5) is 18.0. The Balaban J connectivity index is 1.60. The summed E-state index contributed by atoms with van der Waals surface area (Å²) in [6.45, 7) is 1.98. The molecule has 25 heavy (non-hydrogen) atoms. The average Bonchev–Trinajstić information content (AvgIpc) is 3.18. The monoisotopic (exact) mass is 368 g/mol. The summed E-state index contributed by atoms with van der Waals surface area (Å²) in [7, 11) is 0. The number of aryl methyl sites for hydroxylation is 1. The predicted octanol–water partition coefficient (Wildman–Crippen LogP) is 5.77. The molecule has 6 heteroatoms. The number of carbonyl (C=O) groups excluding carboxylic acids is 1. The molecule has 0 fully saturated rings. The zero-order chi connectivity index (χ0) is 17.4. The van der Waals surface area contributed by atoms with Gasteiger partial charge in [0.15, 0.2) is 10.9 Å². The molecule has 0 bridgehead atoms. The lowest BCUT2D eigenvalue weighted by Gasteiger charge is -1.98. The zero-order valence-corrected chi connectivity index (χ0v) is 14.8. The molecule has 4 rings (SSSR count). The molecular formula is C19H13ClN2O2S. The first-order valence-corrected chi connectivity index (χ1v) is 8.83. The largest absolute Gasteiger partial charge is 0.451 e. The summed E-state index contributed by atoms with van der Waals surface area (Å²) in [5.41, 5.74) is 2.52. The van der Waals surface area contributed by atoms with Gasteiger partial charge in [-0.1, -0.05) is 41.9 Å². The van der Waals surface area contributed by atoms with Gasteiger partial charge in [-0.2, -0.15) is 0 Å². The molecule has 2 heterocycles. The molecule has 1 amide bonds. The first-order chi connectivity index (χ1) is 12.1. The first kappa shape index (κ1) is 15.9. The molecule has 124 valence electrons. The van der Waals surface area contributed by atoms with E-state index in [-0.39, 0.29) is 11.7 Å². The Morgan fingerprint density at radius 1 is 1.16 bits per heavy atom. The highest BCUT2D eigenvalue weighted by Gasteiger charge is 2.16. The summed E-state index contributed by atoms with van der Waals surface area (Å²) in [6.07, 6.45) is 0. The lowest BCUT2D eigenvalue weighted by Crippen LogP contribution is -2.10. The van der Waals surface area contributed by atoms with Crippen LogP contribution in [0.1, 0.15) is 15.4 Å². The second-order valence-electron chi connectivity index (χ2n) is 5.54. The van der Waals surface area contributed by atoms with Crippen molar-refractivity contribution in [1.82, 2.24) is 4.98 Å². The Morgan fingerprint density at radius 2 is 1.96 bits per heavy atom. The molecule has 0 saturated heterocycles. The van der Waals surface area contributed by atoms with Crippen LogP contribution in [0.4, 0.5) is 5.13 Å². The maximum Gasteiger partial charge on any atom is 0.293 e. The zero-order valence-electron chi connectivity index (χ0n) is 13.2. The molecule has 0 aliphatic heterocycles. The normalized spacial score (nSPS) is 11.0. The van der Waals surface area contributed by atoms with Gasteiger partial charge >= 0.3 is 0 Å². The van der Waals surface area contributed by atoms with Crippen LogP contribution in [-0.4, -0.2) is 10.9 Å². The van der Waals surface area contributed by atoms with Gasteiger partial charge in [0.1, 0.15) is 5.58 Å². The number of carbonyl (C=O) groups is 1. The van der Waals surface area contributed by atoms with Gasteiger partial charge in [0.05, 0.1) is 5.69 Å². The summed E-state index contributed by atoms with van der Waals surface area (Å²) in [5.74, 6) is -0.105. The third-order valence-electron chi connectivity index (χ3n) is 3.77. The number of hydrogen-bond acceptors (Lipinski definition) is 4. The van der Waals surface area contributed by atoms with Gasteiger partial charge in [-0.15, -0.1) is 11.3 Å². The molecule has 1 N–H and O–H groups in total. The van der Waals surface area contributed by atoms with Crippen LogP contribution >= 0.6 is 22.9 Å². The number of rotatable bonds is 3. The maximum absolute atomic E-state index is 12.5. The second kappa shape index (κ2) is 6.35. The number of thiazole rings is 1. The number of halogens is 1. The van der Waals surface area contributed by atoms with E-state index in [2.05, 4.69) is 10.3 Å². The van der Waals surface area contributed by atoms with E-state index in [1.165, 1.54) is 11.3 Å². The Bertz CT molecular complexity index is 1070. The molecule has 0 spiro atoms. The number of anilines is 1. The highest BCUT2D eigenvalue weighted by atomic mass is 35.5. The Kier molecular flexibility index (Phi) is 4.03. The van der Waals surface area contributed by atoms with Gasteiger partial charge in [-0.05, 0) is 31.2 Å². The van der Waals surface area contributed by atoms with E-state index in [1.54, 1.807) is 24.3 Å². The van der Waals surface area contributed by atoms with E-state index >= 15 is 0 Å². The number of furan rings is 1. The van der Waals surface area contributed by atoms with E-state index in [0.717, 1.165) is 21.5 Å². The quantitative estimate of drug-likeness (QED) is 0.499. The minimum absolute atomic E-state index is 0.228. The average molecular weight is 369 g/mol. The van der Waals surface area contributed by atoms with Crippen LogP contribution in [0.25, 0.3) is 22.2 Å². The number of fused-ring (bicyclic) bond motifs is 1. The molecule has 0 unspecified atom stereocenters. The SMILES string of the molecule is Cc1sc(NC(=O)c2cc3cc(Cl)ccc3o2)nc1-c1ccccc1. The molecule has 0 saturated carbocycles. The smallest absolute Gasteiger partial charge is 0.293 e. The maximum atomic E-state index is 12.5. The molecular weight excluding hydrogens is 356 g/mol. The second-order valence-corrected chi connectivity index (χ2v) is 7.18. The standard InChI is InChI=1S/C19H13ClN2O2S/c1-11-17(12-5-3-2-4-6-12)21-19(25-11)22-18(23)16-10-13-9-14(20)7-8-15(13)24-16/h2-10H,1H3,(H,21,22,23). The first-order valence-electron chi connectivity index (χ1n) is 7.63. The van der Waals surface area contributed by atoms with Gasteiger partial charge < -0.3 is 4.42 Å². The fourth-order valence-corrected chi connectivity index (χ4v) is 3.61. The number of hydrogen-bond donors (Lipinski definition) is 1. The van der Waals surface area contributed by atoms with Crippen molar-refractivity contribution in [3.63, 3.8) is 0 Å². The van der Waals surface area contributed by atoms with E-state index in [0.29, 0.717) is 15.7 Å². The predicted molar refractivity (Wildman–Crippen MR) is 101 cm³/mol. The van der Waals surface area contributed by atoms with Gasteiger partial charge in [0.25, 0.3) is 5.91 Å². The molecule has 0 aliphatic rings. The van der Waals surface area contributed by atoms with Crippen molar-refractivity contribution in [2.75, 3.05) is 5.32 Å². The molecule has 0 radical (unpaired) electrons. The Morgan fingerprint density at radius 3 is 2.76 bits per heavy atom. The van der Waals surface area contributed by atoms with Gasteiger partial charge in [0, 0.05) is 20.8 Å². The fourth-order valence-electron chi connectivity index (χ4n) is 2.60. The van der Waals surface area contributed by atoms with Crippen LogP contribution in [0.5, 0.6) is 0 Å². The minimum atomic E-state index is -0.333. The van der Waals surface area contributed by atoms with Crippen LogP contribution in [0.2, 0.25) is 5.02 Å². The number of aromatic nitrogens is 1. The van der Waals surface area contributed by atoms with Crippen molar-refractivity contribution in [2.24, 2.45) is 0 Å². The van der Waals surface area contributed by atoms with E-state index < -0.39 is 0 Å². The van der Waals surface area contributed by atoms with Crippen LogP contribution in [0.15, 0.2) is 59.0 Å². The highest BCUT2D eigenvalue weighted by Crippen LogP contribution is 2.31. The van der Waals surface area contributed by atoms with Crippen molar-refractivity contribution in [3.8, 4) is 11.3 Å². The molecule has 4 nitrogen and oxygen atoms in total.